The first kappa shape index (κ1) is 26.9. The second kappa shape index (κ2) is 14.7. The lowest BCUT2D eigenvalue weighted by molar-refractivity contribution is 0.0342. The highest BCUT2D eigenvalue weighted by Crippen LogP contribution is 2.13. The van der Waals surface area contributed by atoms with Gasteiger partial charge in [0.2, 0.25) is 0 Å². The molecule has 0 aliphatic carbocycles. The molecule has 6 nitrogen and oxygen atoms in total. The van der Waals surface area contributed by atoms with Crippen LogP contribution in [0.25, 0.3) is 0 Å². The van der Waals surface area contributed by atoms with Crippen molar-refractivity contribution in [2.24, 2.45) is 4.99 Å². The predicted molar refractivity (Wildman–Crippen MR) is 151 cm³/mol. The second-order valence-corrected chi connectivity index (χ2v) is 9.05. The number of nitrogens with zero attached hydrogens (tertiary/aromatic N) is 3. The molecular weight excluding hydrogens is 537 g/mol. The number of benzene rings is 2. The zero-order valence-electron chi connectivity index (χ0n) is 20.5. The maximum absolute atomic E-state index is 5.44. The molecule has 4 rings (SSSR count). The van der Waals surface area contributed by atoms with E-state index in [-0.39, 0.29) is 24.0 Å². The fourth-order valence-electron chi connectivity index (χ4n) is 4.43. The number of rotatable bonds is 9. The van der Waals surface area contributed by atoms with Crippen LogP contribution in [0.15, 0.2) is 53.5 Å². The number of likely N-dealkylation sites (tertiary alicyclic amines) is 1. The van der Waals surface area contributed by atoms with Crippen LogP contribution < -0.4 is 10.6 Å². The highest BCUT2D eigenvalue weighted by atomic mass is 127. The van der Waals surface area contributed by atoms with Gasteiger partial charge in [0.1, 0.15) is 0 Å². The van der Waals surface area contributed by atoms with Crippen molar-refractivity contribution in [3.05, 3.63) is 70.8 Å². The zero-order valence-corrected chi connectivity index (χ0v) is 22.8. The van der Waals surface area contributed by atoms with Crippen molar-refractivity contribution in [1.29, 1.82) is 0 Å². The minimum atomic E-state index is 0. The van der Waals surface area contributed by atoms with Gasteiger partial charge in [-0.3, -0.25) is 9.80 Å². The third-order valence-corrected chi connectivity index (χ3v) is 6.38. The Morgan fingerprint density at radius 3 is 1.88 bits per heavy atom. The molecule has 0 spiro atoms. The summed E-state index contributed by atoms with van der Waals surface area (Å²) in [5.41, 5.74) is 5.25. The van der Waals surface area contributed by atoms with Gasteiger partial charge in [0.15, 0.2) is 5.96 Å². The summed E-state index contributed by atoms with van der Waals surface area (Å²) >= 11 is 0. The van der Waals surface area contributed by atoms with Crippen molar-refractivity contribution in [3.8, 4) is 0 Å². The molecule has 2 aliphatic heterocycles. The first-order chi connectivity index (χ1) is 16.3. The number of hydrogen-bond acceptors (Lipinski definition) is 4. The molecule has 0 saturated carbocycles. The summed E-state index contributed by atoms with van der Waals surface area (Å²) in [6.07, 6.45) is 2.68. The van der Waals surface area contributed by atoms with E-state index in [4.69, 9.17) is 9.73 Å². The number of nitrogens with one attached hydrogen (secondary N) is 2. The predicted octanol–water partition coefficient (Wildman–Crippen LogP) is 3.99. The van der Waals surface area contributed by atoms with Gasteiger partial charge < -0.3 is 15.4 Å². The fraction of sp³-hybridized carbons (Fsp3) is 0.519. The van der Waals surface area contributed by atoms with Crippen molar-refractivity contribution in [2.75, 3.05) is 45.9 Å². The van der Waals surface area contributed by atoms with Gasteiger partial charge in [0, 0.05) is 39.3 Å². The summed E-state index contributed by atoms with van der Waals surface area (Å²) in [5.74, 6) is 0.857. The molecule has 2 fully saturated rings. The Labute approximate surface area is 222 Å². The SMILES string of the molecule is CCNC(=NCc1ccc(CN2CCOCC2)cc1)NCc1ccc(CN2CCCC2)cc1.I. The van der Waals surface area contributed by atoms with Crippen molar-refractivity contribution in [1.82, 2.24) is 20.4 Å². The number of morpholine rings is 1. The maximum atomic E-state index is 5.44. The van der Waals surface area contributed by atoms with E-state index in [1.54, 1.807) is 0 Å². The summed E-state index contributed by atoms with van der Waals surface area (Å²) in [6.45, 7) is 12.7. The van der Waals surface area contributed by atoms with Gasteiger partial charge >= 0.3 is 0 Å². The standard InChI is InChI=1S/C27H39N5O.HI/c1-2-28-27(29-19-23-5-9-25(10-6-23)21-31-13-3-4-14-31)30-20-24-7-11-26(12-8-24)22-32-15-17-33-18-16-32;/h5-12H,2-4,13-22H2,1H3,(H2,28,29,30);1H. The minimum absolute atomic E-state index is 0. The van der Waals surface area contributed by atoms with E-state index < -0.39 is 0 Å². The van der Waals surface area contributed by atoms with Gasteiger partial charge in [0.25, 0.3) is 0 Å². The number of aliphatic imine (C=N–C) groups is 1. The molecule has 2 heterocycles. The highest BCUT2D eigenvalue weighted by molar-refractivity contribution is 14.0. The normalized spacial score (nSPS) is 17.4. The van der Waals surface area contributed by atoms with E-state index in [2.05, 4.69) is 75.9 Å². The smallest absolute Gasteiger partial charge is 0.191 e. The van der Waals surface area contributed by atoms with Crippen LogP contribution in [0.3, 0.4) is 0 Å². The molecule has 2 aromatic rings. The first-order valence-corrected chi connectivity index (χ1v) is 12.5. The molecule has 2 aromatic carbocycles. The van der Waals surface area contributed by atoms with Crippen LogP contribution in [-0.2, 0) is 30.9 Å². The minimum Gasteiger partial charge on any atom is -0.379 e. The Hall–Kier alpha value is -1.68. The second-order valence-electron chi connectivity index (χ2n) is 9.05. The maximum Gasteiger partial charge on any atom is 0.191 e. The van der Waals surface area contributed by atoms with Crippen LogP contribution in [0.4, 0.5) is 0 Å². The summed E-state index contributed by atoms with van der Waals surface area (Å²) in [6, 6.07) is 17.8. The van der Waals surface area contributed by atoms with Gasteiger partial charge in [-0.2, -0.15) is 0 Å². The van der Waals surface area contributed by atoms with E-state index >= 15 is 0 Å². The quantitative estimate of drug-likeness (QED) is 0.268. The van der Waals surface area contributed by atoms with E-state index in [0.717, 1.165) is 58.4 Å². The summed E-state index contributed by atoms with van der Waals surface area (Å²) < 4.78 is 5.44. The van der Waals surface area contributed by atoms with Gasteiger partial charge in [-0.25, -0.2) is 4.99 Å². The Bertz CT molecular complexity index is 860. The monoisotopic (exact) mass is 577 g/mol. The summed E-state index contributed by atoms with van der Waals surface area (Å²) in [5, 5.41) is 6.84. The molecule has 7 heteroatoms. The molecule has 0 radical (unpaired) electrons. The lowest BCUT2D eigenvalue weighted by Gasteiger charge is -2.26. The van der Waals surface area contributed by atoms with E-state index in [0.29, 0.717) is 6.54 Å². The van der Waals surface area contributed by atoms with Crippen molar-refractivity contribution >= 4 is 29.9 Å². The van der Waals surface area contributed by atoms with Crippen LogP contribution in [0.1, 0.15) is 42.0 Å². The Kier molecular flexibility index (Phi) is 11.6. The first-order valence-electron chi connectivity index (χ1n) is 12.5. The van der Waals surface area contributed by atoms with E-state index in [1.165, 1.54) is 48.2 Å². The highest BCUT2D eigenvalue weighted by Gasteiger charge is 2.12. The third kappa shape index (κ3) is 8.83. The molecule has 0 bridgehead atoms. The van der Waals surface area contributed by atoms with Crippen molar-refractivity contribution in [2.45, 2.75) is 45.9 Å². The number of hydrogen-bond donors (Lipinski definition) is 2. The van der Waals surface area contributed by atoms with Crippen LogP contribution in [0.5, 0.6) is 0 Å². The molecule has 186 valence electrons. The Morgan fingerprint density at radius 2 is 1.29 bits per heavy atom. The number of halogens is 1. The summed E-state index contributed by atoms with van der Waals surface area (Å²) in [7, 11) is 0. The molecular formula is C27H40IN5O. The molecule has 0 amide bonds. The van der Waals surface area contributed by atoms with Gasteiger partial charge in [0.05, 0.1) is 19.8 Å². The average molecular weight is 578 g/mol. The topological polar surface area (TPSA) is 52.1 Å². The Balaban J connectivity index is 0.00000324. The molecule has 0 atom stereocenters. The van der Waals surface area contributed by atoms with E-state index in [1.807, 2.05) is 0 Å². The lowest BCUT2D eigenvalue weighted by atomic mass is 10.1. The van der Waals surface area contributed by atoms with Gasteiger partial charge in [-0.1, -0.05) is 48.5 Å². The number of guanidine groups is 1. The van der Waals surface area contributed by atoms with Crippen LogP contribution in [0.2, 0.25) is 0 Å². The van der Waals surface area contributed by atoms with Gasteiger partial charge in [-0.15, -0.1) is 24.0 Å². The van der Waals surface area contributed by atoms with Crippen molar-refractivity contribution < 1.29 is 4.74 Å². The largest absolute Gasteiger partial charge is 0.379 e. The molecule has 0 unspecified atom stereocenters. The average Bonchev–Trinajstić information content (AvgIpc) is 3.36. The molecule has 2 aliphatic rings. The van der Waals surface area contributed by atoms with Crippen LogP contribution in [0, 0.1) is 0 Å². The van der Waals surface area contributed by atoms with Crippen LogP contribution >= 0.6 is 24.0 Å². The summed E-state index contributed by atoms with van der Waals surface area (Å²) in [4.78, 5) is 9.78. The molecule has 2 N–H and O–H groups in total. The molecule has 0 aromatic heterocycles. The lowest BCUT2D eigenvalue weighted by Crippen LogP contribution is -2.36. The fourth-order valence-corrected chi connectivity index (χ4v) is 4.43. The van der Waals surface area contributed by atoms with Gasteiger partial charge in [-0.05, 0) is 55.1 Å². The van der Waals surface area contributed by atoms with Crippen LogP contribution in [-0.4, -0.2) is 61.7 Å². The number of ether oxygens (including phenoxy) is 1. The molecule has 2 saturated heterocycles. The molecule has 34 heavy (non-hydrogen) atoms. The van der Waals surface area contributed by atoms with E-state index in [9.17, 15) is 0 Å². The Morgan fingerprint density at radius 1 is 0.765 bits per heavy atom. The van der Waals surface area contributed by atoms with Crippen molar-refractivity contribution in [3.63, 3.8) is 0 Å². The third-order valence-electron chi connectivity index (χ3n) is 6.38. The zero-order chi connectivity index (χ0) is 22.7.